The number of nitrogens with zero attached hydrogens (tertiary/aromatic N) is 1. The van der Waals surface area contributed by atoms with Gasteiger partial charge in [0.25, 0.3) is 0 Å². The van der Waals surface area contributed by atoms with Gasteiger partial charge in [-0.15, -0.1) is 0 Å². The first-order chi connectivity index (χ1) is 12.7. The molecule has 3 saturated carbocycles. The van der Waals surface area contributed by atoms with E-state index in [2.05, 4.69) is 19.9 Å². The van der Waals surface area contributed by atoms with E-state index < -0.39 is 0 Å². The third-order valence-corrected chi connectivity index (χ3v) is 8.87. The van der Waals surface area contributed by atoms with E-state index in [0.717, 1.165) is 23.7 Å². The summed E-state index contributed by atoms with van der Waals surface area (Å²) in [6, 6.07) is 2.85. The molecule has 0 unspecified atom stereocenters. The summed E-state index contributed by atoms with van der Waals surface area (Å²) in [4.78, 5) is 0. The standard InChI is InChI=1S/C25H43N/c1-3-5-6-21-7-9-22(10-8-21)23-11-13-24(14-12-23)25(19-26)17-15-20(4-2)16-18-25/h20-24H,3-18H2,1-2H3. The van der Waals surface area contributed by atoms with Gasteiger partial charge >= 0.3 is 0 Å². The third kappa shape index (κ3) is 4.66. The van der Waals surface area contributed by atoms with E-state index in [0.29, 0.717) is 5.92 Å². The van der Waals surface area contributed by atoms with Crippen molar-refractivity contribution < 1.29 is 0 Å². The summed E-state index contributed by atoms with van der Waals surface area (Å²) in [5.74, 6) is 4.65. The number of nitriles is 1. The van der Waals surface area contributed by atoms with Crippen LogP contribution in [-0.2, 0) is 0 Å². The molecule has 0 N–H and O–H groups in total. The Labute approximate surface area is 163 Å². The molecule has 0 aromatic heterocycles. The molecule has 0 radical (unpaired) electrons. The molecule has 3 fully saturated rings. The molecule has 3 aliphatic rings. The van der Waals surface area contributed by atoms with Crippen LogP contribution in [-0.4, -0.2) is 0 Å². The fraction of sp³-hybridized carbons (Fsp3) is 0.960. The molecule has 0 saturated heterocycles. The van der Waals surface area contributed by atoms with Crippen molar-refractivity contribution in [1.82, 2.24) is 0 Å². The highest BCUT2D eigenvalue weighted by Crippen LogP contribution is 2.52. The summed E-state index contributed by atoms with van der Waals surface area (Å²) < 4.78 is 0. The van der Waals surface area contributed by atoms with Crippen molar-refractivity contribution in [2.45, 2.75) is 117 Å². The van der Waals surface area contributed by atoms with Crippen LogP contribution in [0.4, 0.5) is 0 Å². The second kappa shape index (κ2) is 9.61. The molecule has 3 rings (SSSR count). The molecule has 3 aliphatic carbocycles. The topological polar surface area (TPSA) is 23.8 Å². The zero-order chi connectivity index (χ0) is 18.4. The van der Waals surface area contributed by atoms with Gasteiger partial charge < -0.3 is 0 Å². The molecule has 148 valence electrons. The Kier molecular flexibility index (Phi) is 7.48. The van der Waals surface area contributed by atoms with Crippen LogP contribution in [0.2, 0.25) is 0 Å². The minimum absolute atomic E-state index is 0.0501. The minimum atomic E-state index is 0.0501. The summed E-state index contributed by atoms with van der Waals surface area (Å²) in [7, 11) is 0. The molecule has 0 aliphatic heterocycles. The van der Waals surface area contributed by atoms with Crippen molar-refractivity contribution in [2.75, 3.05) is 0 Å². The summed E-state index contributed by atoms with van der Waals surface area (Å²) >= 11 is 0. The average Bonchev–Trinajstić information content (AvgIpc) is 2.73. The Morgan fingerprint density at radius 3 is 1.85 bits per heavy atom. The molecule has 0 amide bonds. The van der Waals surface area contributed by atoms with E-state index in [4.69, 9.17) is 0 Å². The van der Waals surface area contributed by atoms with Gasteiger partial charge in [-0.1, -0.05) is 52.4 Å². The molecule has 0 bridgehead atoms. The number of hydrogen-bond acceptors (Lipinski definition) is 1. The van der Waals surface area contributed by atoms with Gasteiger partial charge in [-0.25, -0.2) is 0 Å². The molecule has 0 spiro atoms. The van der Waals surface area contributed by atoms with Gasteiger partial charge in [0.1, 0.15) is 0 Å². The third-order valence-electron chi connectivity index (χ3n) is 8.87. The highest BCUT2D eigenvalue weighted by atomic mass is 14.5. The number of unbranched alkanes of at least 4 members (excludes halogenated alkanes) is 1. The molecule has 1 nitrogen and oxygen atoms in total. The molecule has 0 atom stereocenters. The van der Waals surface area contributed by atoms with Gasteiger partial charge in [-0.05, 0) is 93.8 Å². The van der Waals surface area contributed by atoms with Crippen LogP contribution < -0.4 is 0 Å². The Balaban J connectivity index is 1.45. The average molecular weight is 358 g/mol. The molecule has 0 heterocycles. The van der Waals surface area contributed by atoms with E-state index in [9.17, 15) is 5.26 Å². The van der Waals surface area contributed by atoms with E-state index in [1.807, 2.05) is 0 Å². The van der Waals surface area contributed by atoms with Crippen molar-refractivity contribution in [1.29, 1.82) is 5.26 Å². The van der Waals surface area contributed by atoms with Crippen LogP contribution in [0.3, 0.4) is 0 Å². The molecule has 1 heteroatoms. The second-order valence-electron chi connectivity index (χ2n) is 10.2. The van der Waals surface area contributed by atoms with Crippen molar-refractivity contribution in [2.24, 2.45) is 35.0 Å². The fourth-order valence-corrected chi connectivity index (χ4v) is 6.80. The quantitative estimate of drug-likeness (QED) is 0.474. The number of hydrogen-bond donors (Lipinski definition) is 0. The molecular formula is C25H43N. The van der Waals surface area contributed by atoms with E-state index in [-0.39, 0.29) is 5.41 Å². The Morgan fingerprint density at radius 1 is 0.769 bits per heavy atom. The van der Waals surface area contributed by atoms with Gasteiger partial charge in [0.2, 0.25) is 0 Å². The second-order valence-corrected chi connectivity index (χ2v) is 10.2. The lowest BCUT2D eigenvalue weighted by atomic mass is 9.58. The van der Waals surface area contributed by atoms with Gasteiger partial charge in [0.15, 0.2) is 0 Å². The van der Waals surface area contributed by atoms with Crippen LogP contribution in [0.5, 0.6) is 0 Å². The van der Waals surface area contributed by atoms with E-state index in [1.54, 1.807) is 0 Å². The van der Waals surface area contributed by atoms with Crippen LogP contribution in [0.15, 0.2) is 0 Å². The lowest BCUT2D eigenvalue weighted by Crippen LogP contribution is -2.37. The largest absolute Gasteiger partial charge is 0.198 e. The maximum absolute atomic E-state index is 10.0. The molecule has 0 aromatic carbocycles. The highest BCUT2D eigenvalue weighted by Gasteiger charge is 2.44. The first kappa shape index (κ1) is 20.2. The molecule has 0 aromatic rings. The number of rotatable bonds is 6. The monoisotopic (exact) mass is 357 g/mol. The highest BCUT2D eigenvalue weighted by molar-refractivity contribution is 5.06. The smallest absolute Gasteiger partial charge is 0.0692 e. The van der Waals surface area contributed by atoms with Crippen LogP contribution >= 0.6 is 0 Å². The lowest BCUT2D eigenvalue weighted by Gasteiger charge is -2.45. The molecular weight excluding hydrogens is 314 g/mol. The Bertz CT molecular complexity index is 437. The minimum Gasteiger partial charge on any atom is -0.198 e. The maximum Gasteiger partial charge on any atom is 0.0692 e. The summed E-state index contributed by atoms with van der Waals surface area (Å²) in [6.45, 7) is 4.65. The van der Waals surface area contributed by atoms with Crippen LogP contribution in [0.1, 0.15) is 117 Å². The zero-order valence-electron chi connectivity index (χ0n) is 17.6. The first-order valence-electron chi connectivity index (χ1n) is 12.1. The SMILES string of the molecule is CCCCC1CCC(C2CCC(C3(C#N)CCC(CC)CC3)CC2)CC1. The first-order valence-corrected chi connectivity index (χ1v) is 12.1. The summed E-state index contributed by atoms with van der Waals surface area (Å²) in [6.07, 6.45) is 22.2. The Morgan fingerprint density at radius 2 is 1.35 bits per heavy atom. The summed E-state index contributed by atoms with van der Waals surface area (Å²) in [5.41, 5.74) is 0.0501. The van der Waals surface area contributed by atoms with Crippen molar-refractivity contribution in [3.63, 3.8) is 0 Å². The van der Waals surface area contributed by atoms with Gasteiger partial charge in [-0.2, -0.15) is 5.26 Å². The van der Waals surface area contributed by atoms with E-state index in [1.165, 1.54) is 103 Å². The predicted octanol–water partition coefficient (Wildman–Crippen LogP) is 7.90. The van der Waals surface area contributed by atoms with Gasteiger partial charge in [-0.3, -0.25) is 0 Å². The fourth-order valence-electron chi connectivity index (χ4n) is 6.80. The summed E-state index contributed by atoms with van der Waals surface area (Å²) in [5, 5.41) is 10.0. The zero-order valence-corrected chi connectivity index (χ0v) is 17.6. The van der Waals surface area contributed by atoms with Crippen LogP contribution in [0.25, 0.3) is 0 Å². The van der Waals surface area contributed by atoms with Gasteiger partial charge in [0, 0.05) is 0 Å². The van der Waals surface area contributed by atoms with Crippen molar-refractivity contribution >= 4 is 0 Å². The predicted molar refractivity (Wildman–Crippen MR) is 111 cm³/mol. The van der Waals surface area contributed by atoms with Crippen molar-refractivity contribution in [3.8, 4) is 6.07 Å². The van der Waals surface area contributed by atoms with Gasteiger partial charge in [0.05, 0.1) is 11.5 Å². The van der Waals surface area contributed by atoms with E-state index >= 15 is 0 Å². The lowest BCUT2D eigenvalue weighted by molar-refractivity contribution is 0.0657. The van der Waals surface area contributed by atoms with Crippen molar-refractivity contribution in [3.05, 3.63) is 0 Å². The normalized spacial score (nSPS) is 41.5. The maximum atomic E-state index is 10.0. The van der Waals surface area contributed by atoms with Crippen LogP contribution in [0, 0.1) is 46.3 Å². The Hall–Kier alpha value is -0.510. The molecule has 26 heavy (non-hydrogen) atoms.